The molecule has 1 aliphatic heterocycles. The summed E-state index contributed by atoms with van der Waals surface area (Å²) in [5.74, 6) is -0.427. The van der Waals surface area contributed by atoms with E-state index in [2.05, 4.69) is 30.7 Å². The third kappa shape index (κ3) is 3.68. The molecule has 2 amide bonds. The zero-order valence-electron chi connectivity index (χ0n) is 15.2. The van der Waals surface area contributed by atoms with Crippen LogP contribution >= 0.6 is 0 Å². The van der Waals surface area contributed by atoms with E-state index in [1.165, 1.54) is 0 Å². The standard InChI is InChI=1S/C19H19N7O2/c1-12-7-17(25-23-12)18(27)22-15-3-2-6-26(11-15)19(28)14-8-13(9-20-10-14)16-4-5-21-24-16/h2-5,7-10,15H,6,11H2,1H3,(H,21,24)(H,22,27)(H,23,25). The lowest BCUT2D eigenvalue weighted by atomic mass is 10.1. The van der Waals surface area contributed by atoms with Gasteiger partial charge in [-0.25, -0.2) is 0 Å². The maximum absolute atomic E-state index is 12.9. The van der Waals surface area contributed by atoms with Crippen molar-refractivity contribution in [3.05, 3.63) is 65.9 Å². The molecule has 1 atom stereocenters. The van der Waals surface area contributed by atoms with Crippen LogP contribution in [0.4, 0.5) is 0 Å². The van der Waals surface area contributed by atoms with Gasteiger partial charge in [0, 0.05) is 42.9 Å². The van der Waals surface area contributed by atoms with E-state index in [-0.39, 0.29) is 17.9 Å². The topological polar surface area (TPSA) is 120 Å². The lowest BCUT2D eigenvalue weighted by Gasteiger charge is -2.29. The molecule has 0 spiro atoms. The number of hydrogen-bond donors (Lipinski definition) is 3. The number of hydrogen-bond acceptors (Lipinski definition) is 5. The van der Waals surface area contributed by atoms with Crippen molar-refractivity contribution in [2.75, 3.05) is 13.1 Å². The van der Waals surface area contributed by atoms with Gasteiger partial charge < -0.3 is 10.2 Å². The number of aromatic nitrogens is 5. The van der Waals surface area contributed by atoms with Crippen molar-refractivity contribution in [2.45, 2.75) is 13.0 Å². The normalized spacial score (nSPS) is 16.2. The van der Waals surface area contributed by atoms with E-state index in [1.54, 1.807) is 35.6 Å². The van der Waals surface area contributed by atoms with E-state index in [0.29, 0.717) is 24.3 Å². The number of pyridine rings is 1. The summed E-state index contributed by atoms with van der Waals surface area (Å²) >= 11 is 0. The Balaban J connectivity index is 1.45. The van der Waals surface area contributed by atoms with Gasteiger partial charge in [-0.2, -0.15) is 10.2 Å². The van der Waals surface area contributed by atoms with Crippen molar-refractivity contribution in [2.24, 2.45) is 0 Å². The van der Waals surface area contributed by atoms with Gasteiger partial charge in [0.2, 0.25) is 0 Å². The Morgan fingerprint density at radius 3 is 2.89 bits per heavy atom. The summed E-state index contributed by atoms with van der Waals surface area (Å²) < 4.78 is 0. The molecular weight excluding hydrogens is 358 g/mol. The zero-order valence-corrected chi connectivity index (χ0v) is 15.2. The second-order valence-corrected chi connectivity index (χ2v) is 6.59. The Kier molecular flexibility index (Phi) is 4.71. The van der Waals surface area contributed by atoms with Crippen LogP contribution in [0.1, 0.15) is 26.5 Å². The second-order valence-electron chi connectivity index (χ2n) is 6.59. The largest absolute Gasteiger partial charge is 0.343 e. The van der Waals surface area contributed by atoms with Crippen molar-refractivity contribution in [3.63, 3.8) is 0 Å². The molecule has 9 nitrogen and oxygen atoms in total. The number of nitrogens with zero attached hydrogens (tertiary/aromatic N) is 4. The Labute approximate surface area is 160 Å². The van der Waals surface area contributed by atoms with Gasteiger partial charge in [-0.15, -0.1) is 0 Å². The van der Waals surface area contributed by atoms with Crippen LogP contribution in [-0.2, 0) is 0 Å². The summed E-state index contributed by atoms with van der Waals surface area (Å²) in [4.78, 5) is 31.1. The lowest BCUT2D eigenvalue weighted by molar-refractivity contribution is 0.0744. The van der Waals surface area contributed by atoms with Crippen LogP contribution in [0.25, 0.3) is 11.3 Å². The molecule has 3 aromatic rings. The molecule has 0 aromatic carbocycles. The maximum Gasteiger partial charge on any atom is 0.272 e. The number of H-pyrrole nitrogens is 2. The molecule has 0 bridgehead atoms. The van der Waals surface area contributed by atoms with Gasteiger partial charge in [0.25, 0.3) is 11.8 Å². The van der Waals surface area contributed by atoms with E-state index in [9.17, 15) is 9.59 Å². The molecule has 9 heteroatoms. The minimum Gasteiger partial charge on any atom is -0.343 e. The summed E-state index contributed by atoms with van der Waals surface area (Å²) in [6.07, 6.45) is 8.62. The SMILES string of the molecule is Cc1cc(C(=O)NC2C=CCN(C(=O)c3cncc(-c4ccn[nH]4)c3)C2)n[nH]1. The van der Waals surface area contributed by atoms with Crippen LogP contribution in [-0.4, -0.2) is 61.2 Å². The van der Waals surface area contributed by atoms with Crippen LogP contribution in [0.5, 0.6) is 0 Å². The molecule has 0 saturated heterocycles. The van der Waals surface area contributed by atoms with Gasteiger partial charge in [-0.05, 0) is 25.1 Å². The lowest BCUT2D eigenvalue weighted by Crippen LogP contribution is -2.47. The Morgan fingerprint density at radius 2 is 2.14 bits per heavy atom. The molecule has 3 aromatic heterocycles. The average molecular weight is 377 g/mol. The molecule has 0 saturated carbocycles. The predicted octanol–water partition coefficient (Wildman–Crippen LogP) is 1.31. The minimum absolute atomic E-state index is 0.145. The fourth-order valence-corrected chi connectivity index (χ4v) is 3.06. The molecule has 1 aliphatic rings. The first-order valence-corrected chi connectivity index (χ1v) is 8.84. The molecule has 4 heterocycles. The van der Waals surface area contributed by atoms with Gasteiger partial charge in [0.15, 0.2) is 0 Å². The summed E-state index contributed by atoms with van der Waals surface area (Å²) in [5, 5.41) is 16.4. The second kappa shape index (κ2) is 7.47. The van der Waals surface area contributed by atoms with Crippen molar-refractivity contribution >= 4 is 11.8 Å². The fourth-order valence-electron chi connectivity index (χ4n) is 3.06. The van der Waals surface area contributed by atoms with E-state index in [0.717, 1.165) is 17.0 Å². The molecule has 1 unspecified atom stereocenters. The van der Waals surface area contributed by atoms with Crippen LogP contribution in [0.3, 0.4) is 0 Å². The third-order valence-electron chi connectivity index (χ3n) is 4.45. The number of carbonyl (C=O) groups is 2. The van der Waals surface area contributed by atoms with Gasteiger partial charge in [0.1, 0.15) is 5.69 Å². The minimum atomic E-state index is -0.286. The van der Waals surface area contributed by atoms with Gasteiger partial charge in [0.05, 0.1) is 17.3 Å². The first kappa shape index (κ1) is 17.7. The zero-order chi connectivity index (χ0) is 19.5. The molecule has 0 fully saturated rings. The highest BCUT2D eigenvalue weighted by Gasteiger charge is 2.24. The van der Waals surface area contributed by atoms with Crippen LogP contribution < -0.4 is 5.32 Å². The molecule has 0 radical (unpaired) electrons. The highest BCUT2D eigenvalue weighted by atomic mass is 16.2. The van der Waals surface area contributed by atoms with Crippen molar-refractivity contribution in [1.29, 1.82) is 0 Å². The smallest absolute Gasteiger partial charge is 0.272 e. The van der Waals surface area contributed by atoms with E-state index >= 15 is 0 Å². The van der Waals surface area contributed by atoms with Gasteiger partial charge >= 0.3 is 0 Å². The Hall–Kier alpha value is -3.75. The highest BCUT2D eigenvalue weighted by molar-refractivity contribution is 5.95. The molecular formula is C19H19N7O2. The third-order valence-corrected chi connectivity index (χ3v) is 4.45. The number of aryl methyl sites for hydroxylation is 1. The number of rotatable bonds is 4. The predicted molar refractivity (Wildman–Crippen MR) is 101 cm³/mol. The monoisotopic (exact) mass is 377 g/mol. The van der Waals surface area contributed by atoms with Crippen LogP contribution in [0, 0.1) is 6.92 Å². The maximum atomic E-state index is 12.9. The van der Waals surface area contributed by atoms with E-state index in [1.807, 2.05) is 25.1 Å². The highest BCUT2D eigenvalue weighted by Crippen LogP contribution is 2.18. The van der Waals surface area contributed by atoms with Gasteiger partial charge in [-0.3, -0.25) is 24.8 Å². The van der Waals surface area contributed by atoms with Crippen LogP contribution in [0.15, 0.2) is 48.9 Å². The Bertz CT molecular complexity index is 1020. The number of aromatic amines is 2. The number of nitrogens with one attached hydrogen (secondary N) is 3. The first-order chi connectivity index (χ1) is 13.6. The number of carbonyl (C=O) groups excluding carboxylic acids is 2. The molecule has 3 N–H and O–H groups in total. The van der Waals surface area contributed by atoms with Crippen molar-refractivity contribution in [3.8, 4) is 11.3 Å². The average Bonchev–Trinajstić information content (AvgIpc) is 3.40. The quantitative estimate of drug-likeness (QED) is 0.592. The molecule has 4 rings (SSSR count). The summed E-state index contributed by atoms with van der Waals surface area (Å²) in [7, 11) is 0. The fraction of sp³-hybridized carbons (Fsp3) is 0.211. The Morgan fingerprint density at radius 1 is 1.25 bits per heavy atom. The van der Waals surface area contributed by atoms with Crippen molar-refractivity contribution in [1.82, 2.24) is 35.6 Å². The summed E-state index contributed by atoms with van der Waals surface area (Å²) in [6.45, 7) is 2.68. The molecule has 28 heavy (non-hydrogen) atoms. The van der Waals surface area contributed by atoms with Gasteiger partial charge in [-0.1, -0.05) is 12.2 Å². The molecule has 0 aliphatic carbocycles. The van der Waals surface area contributed by atoms with E-state index < -0.39 is 0 Å². The molecule has 142 valence electrons. The summed E-state index contributed by atoms with van der Waals surface area (Å²) in [6, 6.07) is 4.99. The van der Waals surface area contributed by atoms with Crippen LogP contribution in [0.2, 0.25) is 0 Å². The first-order valence-electron chi connectivity index (χ1n) is 8.84. The van der Waals surface area contributed by atoms with Crippen molar-refractivity contribution < 1.29 is 9.59 Å². The summed E-state index contributed by atoms with van der Waals surface area (Å²) in [5.41, 5.74) is 3.20. The number of amides is 2. The van der Waals surface area contributed by atoms with E-state index in [4.69, 9.17) is 0 Å².